The number of likely N-dealkylation sites (tertiary alicyclic amines) is 1. The minimum atomic E-state index is -0.702. The first-order chi connectivity index (χ1) is 6.56. The van der Waals surface area contributed by atoms with Gasteiger partial charge in [0.25, 0.3) is 0 Å². The van der Waals surface area contributed by atoms with Crippen molar-refractivity contribution in [3.8, 4) is 0 Å². The van der Waals surface area contributed by atoms with Crippen molar-refractivity contribution in [2.75, 3.05) is 26.7 Å². The summed E-state index contributed by atoms with van der Waals surface area (Å²) in [5.41, 5.74) is 0.250. The lowest BCUT2D eigenvalue weighted by atomic mass is 9.90. The first-order valence-electron chi connectivity index (χ1n) is 5.19. The Morgan fingerprint density at radius 1 is 1.50 bits per heavy atom. The van der Waals surface area contributed by atoms with E-state index in [4.69, 9.17) is 5.11 Å². The van der Waals surface area contributed by atoms with Gasteiger partial charge in [-0.2, -0.15) is 0 Å². The molecule has 1 saturated heterocycles. The Hall–Kier alpha value is -0.610. The molecule has 0 unspecified atom stereocenters. The van der Waals surface area contributed by atoms with Gasteiger partial charge in [-0.3, -0.25) is 4.79 Å². The van der Waals surface area contributed by atoms with Gasteiger partial charge in [0.2, 0.25) is 0 Å². The molecule has 0 aromatic carbocycles. The highest BCUT2D eigenvalue weighted by molar-refractivity contribution is 5.66. The Kier molecular flexibility index (Phi) is 3.89. The van der Waals surface area contributed by atoms with Gasteiger partial charge in [-0.15, -0.1) is 0 Å². The molecule has 4 heteroatoms. The summed E-state index contributed by atoms with van der Waals surface area (Å²) in [4.78, 5) is 12.6. The number of carbonyl (C=O) groups is 1. The molecule has 0 aromatic heterocycles. The van der Waals surface area contributed by atoms with Crippen LogP contribution < -0.4 is 5.32 Å². The Bertz CT molecular complexity index is 198. The van der Waals surface area contributed by atoms with E-state index in [1.807, 2.05) is 7.05 Å². The van der Waals surface area contributed by atoms with Crippen LogP contribution in [-0.2, 0) is 4.79 Å². The van der Waals surface area contributed by atoms with Crippen LogP contribution in [0.5, 0.6) is 0 Å². The van der Waals surface area contributed by atoms with Gasteiger partial charge in [-0.05, 0) is 39.9 Å². The summed E-state index contributed by atoms with van der Waals surface area (Å²) in [6.07, 6.45) is 2.46. The van der Waals surface area contributed by atoms with Crippen LogP contribution in [0.15, 0.2) is 0 Å². The molecular weight excluding hydrogens is 180 g/mol. The summed E-state index contributed by atoms with van der Waals surface area (Å²) < 4.78 is 0. The second-order valence-electron chi connectivity index (χ2n) is 4.30. The van der Waals surface area contributed by atoms with E-state index in [-0.39, 0.29) is 12.0 Å². The third kappa shape index (κ3) is 3.27. The molecule has 1 aliphatic heterocycles. The second kappa shape index (κ2) is 4.75. The highest BCUT2D eigenvalue weighted by Crippen LogP contribution is 2.20. The van der Waals surface area contributed by atoms with E-state index >= 15 is 0 Å². The van der Waals surface area contributed by atoms with Crippen molar-refractivity contribution in [3.05, 3.63) is 0 Å². The molecule has 14 heavy (non-hydrogen) atoms. The fourth-order valence-corrected chi connectivity index (χ4v) is 1.77. The van der Waals surface area contributed by atoms with Crippen LogP contribution in [0, 0.1) is 0 Å². The van der Waals surface area contributed by atoms with Gasteiger partial charge in [0.05, 0.1) is 6.42 Å². The lowest BCUT2D eigenvalue weighted by molar-refractivity contribution is -0.137. The summed E-state index contributed by atoms with van der Waals surface area (Å²) in [6, 6.07) is 0. The van der Waals surface area contributed by atoms with E-state index in [9.17, 15) is 4.79 Å². The molecule has 0 radical (unpaired) electrons. The highest BCUT2D eigenvalue weighted by Gasteiger charge is 2.27. The second-order valence-corrected chi connectivity index (χ2v) is 4.30. The van der Waals surface area contributed by atoms with Gasteiger partial charge >= 0.3 is 5.97 Å². The molecular formula is C10H20N2O2. The number of nitrogens with zero attached hydrogens (tertiary/aromatic N) is 1. The molecule has 0 amide bonds. The Morgan fingerprint density at radius 2 is 2.07 bits per heavy atom. The molecule has 0 saturated carbocycles. The molecule has 0 bridgehead atoms. The Morgan fingerprint density at radius 3 is 2.50 bits per heavy atom. The predicted octanol–water partition coefficient (Wildman–Crippen LogP) is 0.535. The molecule has 1 rings (SSSR count). The molecule has 82 valence electrons. The van der Waals surface area contributed by atoms with Crippen molar-refractivity contribution in [2.45, 2.75) is 31.7 Å². The summed E-state index contributed by atoms with van der Waals surface area (Å²) in [5.74, 6) is -0.702. The predicted molar refractivity (Wildman–Crippen MR) is 55.4 cm³/mol. The maximum absolute atomic E-state index is 10.4. The number of hydrogen-bond donors (Lipinski definition) is 2. The van der Waals surface area contributed by atoms with E-state index in [2.05, 4.69) is 17.1 Å². The molecule has 1 fully saturated rings. The van der Waals surface area contributed by atoms with Crippen LogP contribution in [0.3, 0.4) is 0 Å². The van der Waals surface area contributed by atoms with E-state index in [0.29, 0.717) is 6.54 Å². The zero-order chi connectivity index (χ0) is 10.6. The topological polar surface area (TPSA) is 52.6 Å². The standard InChI is InChI=1S/C10H20N2O2/c1-10(11-2)4-7-12(8-5-10)6-3-9(13)14/h11H,3-8H2,1-2H3,(H,13,14). The first-order valence-corrected chi connectivity index (χ1v) is 5.19. The average Bonchev–Trinajstić information content (AvgIpc) is 2.17. The van der Waals surface area contributed by atoms with E-state index in [1.165, 1.54) is 0 Å². The highest BCUT2D eigenvalue weighted by atomic mass is 16.4. The number of hydrogen-bond acceptors (Lipinski definition) is 3. The van der Waals surface area contributed by atoms with Gasteiger partial charge in [-0.1, -0.05) is 0 Å². The normalized spacial score (nSPS) is 22.1. The molecule has 0 aliphatic carbocycles. The fourth-order valence-electron chi connectivity index (χ4n) is 1.77. The lowest BCUT2D eigenvalue weighted by Crippen LogP contribution is -2.50. The van der Waals surface area contributed by atoms with Crippen molar-refractivity contribution in [1.29, 1.82) is 0 Å². The third-order valence-electron chi connectivity index (χ3n) is 3.21. The quantitative estimate of drug-likeness (QED) is 0.695. The molecule has 0 spiro atoms. The minimum Gasteiger partial charge on any atom is -0.481 e. The number of carboxylic acids is 1. The summed E-state index contributed by atoms with van der Waals surface area (Å²) >= 11 is 0. The van der Waals surface area contributed by atoms with E-state index in [0.717, 1.165) is 25.9 Å². The number of rotatable bonds is 4. The SMILES string of the molecule is CNC1(C)CCN(CCC(=O)O)CC1. The summed E-state index contributed by atoms with van der Waals surface area (Å²) in [6.45, 7) is 4.92. The zero-order valence-electron chi connectivity index (χ0n) is 9.05. The summed E-state index contributed by atoms with van der Waals surface area (Å²) in [7, 11) is 1.99. The van der Waals surface area contributed by atoms with Crippen molar-refractivity contribution in [1.82, 2.24) is 10.2 Å². The largest absolute Gasteiger partial charge is 0.481 e. The average molecular weight is 200 g/mol. The van der Waals surface area contributed by atoms with Crippen LogP contribution in [0.4, 0.5) is 0 Å². The van der Waals surface area contributed by atoms with Crippen LogP contribution in [-0.4, -0.2) is 48.2 Å². The van der Waals surface area contributed by atoms with Crippen LogP contribution >= 0.6 is 0 Å². The Labute approximate surface area is 85.3 Å². The van der Waals surface area contributed by atoms with E-state index < -0.39 is 5.97 Å². The van der Waals surface area contributed by atoms with Crippen molar-refractivity contribution in [3.63, 3.8) is 0 Å². The van der Waals surface area contributed by atoms with Gasteiger partial charge in [0.1, 0.15) is 0 Å². The van der Waals surface area contributed by atoms with Crippen molar-refractivity contribution >= 4 is 5.97 Å². The maximum atomic E-state index is 10.4. The molecule has 0 atom stereocenters. The number of carboxylic acid groups (broad SMARTS) is 1. The maximum Gasteiger partial charge on any atom is 0.304 e. The fraction of sp³-hybridized carbons (Fsp3) is 0.900. The van der Waals surface area contributed by atoms with Crippen molar-refractivity contribution in [2.24, 2.45) is 0 Å². The summed E-state index contributed by atoms with van der Waals surface area (Å²) in [5, 5.41) is 11.9. The molecule has 1 heterocycles. The van der Waals surface area contributed by atoms with Gasteiger partial charge in [-0.25, -0.2) is 0 Å². The monoisotopic (exact) mass is 200 g/mol. The minimum absolute atomic E-state index is 0.250. The van der Waals surface area contributed by atoms with E-state index in [1.54, 1.807) is 0 Å². The van der Waals surface area contributed by atoms with Gasteiger partial charge in [0, 0.05) is 12.1 Å². The van der Waals surface area contributed by atoms with Crippen LogP contribution in [0.2, 0.25) is 0 Å². The van der Waals surface area contributed by atoms with Gasteiger partial charge < -0.3 is 15.3 Å². The smallest absolute Gasteiger partial charge is 0.304 e. The lowest BCUT2D eigenvalue weighted by Gasteiger charge is -2.39. The molecule has 2 N–H and O–H groups in total. The van der Waals surface area contributed by atoms with Crippen LogP contribution in [0.25, 0.3) is 0 Å². The first kappa shape index (κ1) is 11.5. The third-order valence-corrected chi connectivity index (χ3v) is 3.21. The Balaban J connectivity index is 2.25. The van der Waals surface area contributed by atoms with Crippen molar-refractivity contribution < 1.29 is 9.90 Å². The molecule has 4 nitrogen and oxygen atoms in total. The number of aliphatic carboxylic acids is 1. The molecule has 1 aliphatic rings. The van der Waals surface area contributed by atoms with Gasteiger partial charge in [0.15, 0.2) is 0 Å². The molecule has 0 aromatic rings. The number of piperidine rings is 1. The zero-order valence-corrected chi connectivity index (χ0v) is 9.05. The van der Waals surface area contributed by atoms with Crippen LogP contribution in [0.1, 0.15) is 26.2 Å². The number of nitrogens with one attached hydrogen (secondary N) is 1.